The van der Waals surface area contributed by atoms with E-state index in [2.05, 4.69) is 9.97 Å². The van der Waals surface area contributed by atoms with E-state index in [1.165, 1.54) is 0 Å². The Morgan fingerprint density at radius 3 is 2.50 bits per heavy atom. The molecule has 1 heterocycles. The lowest BCUT2D eigenvalue weighted by atomic mass is 9.94. The van der Waals surface area contributed by atoms with Crippen molar-refractivity contribution in [1.29, 1.82) is 0 Å². The molecule has 0 unspecified atom stereocenters. The van der Waals surface area contributed by atoms with Gasteiger partial charge in [0.25, 0.3) is 0 Å². The van der Waals surface area contributed by atoms with E-state index >= 15 is 0 Å². The summed E-state index contributed by atoms with van der Waals surface area (Å²) < 4.78 is 12.5. The van der Waals surface area contributed by atoms with Gasteiger partial charge >= 0.3 is 0 Å². The zero-order chi connectivity index (χ0) is 9.97. The van der Waals surface area contributed by atoms with Gasteiger partial charge in [-0.2, -0.15) is 0 Å². The number of benzene rings is 1. The average Bonchev–Trinajstić information content (AvgIpc) is 2.19. The van der Waals surface area contributed by atoms with Crippen LogP contribution >= 0.6 is 0 Å². The van der Waals surface area contributed by atoms with Crippen molar-refractivity contribution in [1.82, 2.24) is 9.97 Å². The molecule has 66 valence electrons. The van der Waals surface area contributed by atoms with Crippen molar-refractivity contribution in [3.8, 4) is 11.4 Å². The third-order valence-electron chi connectivity index (χ3n) is 1.77. The highest BCUT2D eigenvalue weighted by Crippen LogP contribution is 2.11. The third kappa shape index (κ3) is 1.79. The van der Waals surface area contributed by atoms with Gasteiger partial charge in [-0.15, -0.1) is 0 Å². The molecule has 0 bridgehead atoms. The predicted octanol–water partition coefficient (Wildman–Crippen LogP) is 1.08. The second kappa shape index (κ2) is 3.58. The molecule has 1 aromatic carbocycles. The standard InChI is InChI=1S/C10H6BFN2/c11-8-3-1-2-7(4-8)10-13-5-9(12)6-14-10/h1-6H. The lowest BCUT2D eigenvalue weighted by Gasteiger charge is -2.00. The summed E-state index contributed by atoms with van der Waals surface area (Å²) in [4.78, 5) is 7.70. The number of halogens is 1. The van der Waals surface area contributed by atoms with E-state index in [9.17, 15) is 4.39 Å². The van der Waals surface area contributed by atoms with Crippen molar-refractivity contribution < 1.29 is 4.39 Å². The monoisotopic (exact) mass is 184 g/mol. The number of rotatable bonds is 1. The molecule has 0 aliphatic carbocycles. The maximum Gasteiger partial charge on any atom is 0.159 e. The summed E-state index contributed by atoms with van der Waals surface area (Å²) in [6.45, 7) is 0. The third-order valence-corrected chi connectivity index (χ3v) is 1.77. The van der Waals surface area contributed by atoms with Crippen LogP contribution in [-0.2, 0) is 0 Å². The molecule has 0 aliphatic heterocycles. The molecule has 0 atom stereocenters. The molecule has 2 rings (SSSR count). The van der Waals surface area contributed by atoms with Gasteiger partial charge < -0.3 is 0 Å². The first-order valence-electron chi connectivity index (χ1n) is 4.09. The van der Waals surface area contributed by atoms with E-state index in [1.807, 2.05) is 6.07 Å². The van der Waals surface area contributed by atoms with Crippen LogP contribution in [0.2, 0.25) is 0 Å². The van der Waals surface area contributed by atoms with Crippen LogP contribution in [0.25, 0.3) is 11.4 Å². The van der Waals surface area contributed by atoms with Gasteiger partial charge in [0, 0.05) is 5.56 Å². The molecule has 1 aromatic heterocycles. The average molecular weight is 184 g/mol. The smallest absolute Gasteiger partial charge is 0.159 e. The fraction of sp³-hybridized carbons (Fsp3) is 0. The molecule has 0 saturated heterocycles. The van der Waals surface area contributed by atoms with Crippen LogP contribution in [0.5, 0.6) is 0 Å². The molecule has 14 heavy (non-hydrogen) atoms. The Labute approximate surface area is 82.2 Å². The molecule has 0 aliphatic rings. The Morgan fingerprint density at radius 1 is 1.14 bits per heavy atom. The van der Waals surface area contributed by atoms with Gasteiger partial charge in [0.1, 0.15) is 7.85 Å². The van der Waals surface area contributed by atoms with Crippen molar-refractivity contribution >= 4 is 13.3 Å². The lowest BCUT2D eigenvalue weighted by Crippen LogP contribution is -2.01. The second-order valence-corrected chi connectivity index (χ2v) is 2.85. The topological polar surface area (TPSA) is 25.8 Å². The molecule has 0 saturated carbocycles. The Morgan fingerprint density at radius 2 is 1.86 bits per heavy atom. The van der Waals surface area contributed by atoms with E-state index in [0.717, 1.165) is 18.0 Å². The van der Waals surface area contributed by atoms with Crippen LogP contribution in [-0.4, -0.2) is 17.8 Å². The van der Waals surface area contributed by atoms with Crippen LogP contribution < -0.4 is 5.46 Å². The van der Waals surface area contributed by atoms with Crippen LogP contribution in [0.15, 0.2) is 36.7 Å². The van der Waals surface area contributed by atoms with Crippen molar-refractivity contribution in [2.24, 2.45) is 0 Å². The summed E-state index contributed by atoms with van der Waals surface area (Å²) >= 11 is 0. The van der Waals surface area contributed by atoms with E-state index in [1.54, 1.807) is 18.2 Å². The highest BCUT2D eigenvalue weighted by Gasteiger charge is 2.00. The van der Waals surface area contributed by atoms with Gasteiger partial charge in [-0.3, -0.25) is 0 Å². The summed E-state index contributed by atoms with van der Waals surface area (Å²) in [6.07, 6.45) is 2.26. The number of nitrogens with zero attached hydrogens (tertiary/aromatic N) is 2. The molecule has 0 amide bonds. The van der Waals surface area contributed by atoms with Gasteiger partial charge in [-0.25, -0.2) is 14.4 Å². The van der Waals surface area contributed by atoms with Crippen molar-refractivity contribution in [3.63, 3.8) is 0 Å². The first-order chi connectivity index (χ1) is 6.75. The zero-order valence-electron chi connectivity index (χ0n) is 7.31. The summed E-state index contributed by atoms with van der Waals surface area (Å²) in [5.74, 6) is 0.0244. The minimum Gasteiger partial charge on any atom is -0.233 e. The van der Waals surface area contributed by atoms with Crippen LogP contribution in [0, 0.1) is 5.82 Å². The molecular formula is C10H6BFN2. The molecule has 0 spiro atoms. The first-order valence-corrected chi connectivity index (χ1v) is 4.09. The van der Waals surface area contributed by atoms with Crippen LogP contribution in [0.3, 0.4) is 0 Å². The molecule has 0 fully saturated rings. The summed E-state index contributed by atoms with van der Waals surface area (Å²) in [5, 5.41) is 0. The Bertz CT molecular complexity index is 442. The summed E-state index contributed by atoms with van der Waals surface area (Å²) in [5.41, 5.74) is 1.42. The quantitative estimate of drug-likeness (QED) is 0.619. The fourth-order valence-electron chi connectivity index (χ4n) is 1.14. The highest BCUT2D eigenvalue weighted by molar-refractivity contribution is 6.32. The van der Waals surface area contributed by atoms with Crippen molar-refractivity contribution in [3.05, 3.63) is 42.5 Å². The Hall–Kier alpha value is -1.71. The maximum atomic E-state index is 12.5. The van der Waals surface area contributed by atoms with E-state index in [4.69, 9.17) is 7.85 Å². The van der Waals surface area contributed by atoms with Gasteiger partial charge in [0.15, 0.2) is 11.6 Å². The Balaban J connectivity index is 2.44. The first kappa shape index (κ1) is 8.87. The molecule has 2 nitrogen and oxygen atoms in total. The van der Waals surface area contributed by atoms with Crippen molar-refractivity contribution in [2.75, 3.05) is 0 Å². The molecule has 4 heteroatoms. The predicted molar refractivity (Wildman–Crippen MR) is 52.8 cm³/mol. The van der Waals surface area contributed by atoms with Gasteiger partial charge in [0.2, 0.25) is 0 Å². The minimum atomic E-state index is -0.447. The Kier molecular flexibility index (Phi) is 2.27. The summed E-state index contributed by atoms with van der Waals surface area (Å²) in [6, 6.07) is 7.14. The molecule has 2 aromatic rings. The van der Waals surface area contributed by atoms with Gasteiger partial charge in [0.05, 0.1) is 12.4 Å². The maximum absolute atomic E-state index is 12.5. The van der Waals surface area contributed by atoms with Crippen LogP contribution in [0.4, 0.5) is 4.39 Å². The normalized spacial score (nSPS) is 10.1. The van der Waals surface area contributed by atoms with E-state index in [-0.39, 0.29) is 0 Å². The van der Waals surface area contributed by atoms with Gasteiger partial charge in [-0.05, 0) is 0 Å². The number of hydrogen-bond acceptors (Lipinski definition) is 2. The SMILES string of the molecule is [B]c1cccc(-c2ncc(F)cn2)c1. The lowest BCUT2D eigenvalue weighted by molar-refractivity contribution is 0.614. The number of aromatic nitrogens is 2. The summed E-state index contributed by atoms with van der Waals surface area (Å²) in [7, 11) is 5.60. The van der Waals surface area contributed by atoms with E-state index in [0.29, 0.717) is 11.3 Å². The molecule has 2 radical (unpaired) electrons. The highest BCUT2D eigenvalue weighted by atomic mass is 19.1. The largest absolute Gasteiger partial charge is 0.233 e. The molecular weight excluding hydrogens is 178 g/mol. The van der Waals surface area contributed by atoms with Crippen molar-refractivity contribution in [2.45, 2.75) is 0 Å². The number of hydrogen-bond donors (Lipinski definition) is 0. The molecule has 0 N–H and O–H groups in total. The minimum absolute atomic E-state index is 0.447. The van der Waals surface area contributed by atoms with E-state index < -0.39 is 5.82 Å². The zero-order valence-corrected chi connectivity index (χ0v) is 7.31. The van der Waals surface area contributed by atoms with Crippen LogP contribution in [0.1, 0.15) is 0 Å². The van der Waals surface area contributed by atoms with Gasteiger partial charge in [-0.1, -0.05) is 29.7 Å². The fourth-order valence-corrected chi connectivity index (χ4v) is 1.14. The second-order valence-electron chi connectivity index (χ2n) is 2.85.